The second kappa shape index (κ2) is 7.99. The van der Waals surface area contributed by atoms with E-state index in [-0.39, 0.29) is 11.8 Å². The van der Waals surface area contributed by atoms with Gasteiger partial charge in [0.1, 0.15) is 5.75 Å². The van der Waals surface area contributed by atoms with E-state index in [2.05, 4.69) is 12.1 Å². The molecule has 1 heterocycles. The van der Waals surface area contributed by atoms with Crippen molar-refractivity contribution in [1.29, 1.82) is 0 Å². The van der Waals surface area contributed by atoms with Gasteiger partial charge in [0.05, 0.1) is 7.11 Å². The fraction of sp³-hybridized carbons (Fsp3) is 0.556. The van der Waals surface area contributed by atoms with Crippen LogP contribution in [0.15, 0.2) is 24.3 Å². The van der Waals surface area contributed by atoms with Gasteiger partial charge in [0.2, 0.25) is 11.8 Å². The Balaban J connectivity index is 1.78. The first-order valence-electron chi connectivity index (χ1n) is 8.10. The summed E-state index contributed by atoms with van der Waals surface area (Å²) in [6, 6.07) is 8.11. The van der Waals surface area contributed by atoms with Crippen molar-refractivity contribution in [3.8, 4) is 5.75 Å². The first-order chi connectivity index (χ1) is 11.0. The van der Waals surface area contributed by atoms with Crippen LogP contribution in [-0.4, -0.2) is 55.9 Å². The molecule has 0 radical (unpaired) electrons. The summed E-state index contributed by atoms with van der Waals surface area (Å²) in [5, 5.41) is 0. The standard InChI is InChI=1S/C18H26N2O3/c1-19(2)17(21)8-9-18(22)20-11-10-15(13-20)12-14-4-6-16(23-3)7-5-14/h4-7,15H,8-13H2,1-3H3. The van der Waals surface area contributed by atoms with Gasteiger partial charge in [0, 0.05) is 40.0 Å². The number of likely N-dealkylation sites (tertiary alicyclic amines) is 1. The highest BCUT2D eigenvalue weighted by molar-refractivity contribution is 5.83. The van der Waals surface area contributed by atoms with E-state index in [1.54, 1.807) is 21.2 Å². The van der Waals surface area contributed by atoms with Crippen molar-refractivity contribution in [3.63, 3.8) is 0 Å². The maximum absolute atomic E-state index is 12.2. The Hall–Kier alpha value is -2.04. The molecule has 126 valence electrons. The molecular weight excluding hydrogens is 292 g/mol. The molecule has 0 aromatic heterocycles. The number of rotatable bonds is 6. The van der Waals surface area contributed by atoms with E-state index in [9.17, 15) is 9.59 Å². The summed E-state index contributed by atoms with van der Waals surface area (Å²) in [7, 11) is 5.09. The van der Waals surface area contributed by atoms with E-state index in [0.717, 1.165) is 31.7 Å². The Morgan fingerprint density at radius 1 is 1.22 bits per heavy atom. The van der Waals surface area contributed by atoms with Crippen LogP contribution in [0.5, 0.6) is 5.75 Å². The molecule has 5 heteroatoms. The Kier molecular flexibility index (Phi) is 6.02. The first-order valence-corrected chi connectivity index (χ1v) is 8.10. The van der Waals surface area contributed by atoms with E-state index in [1.165, 1.54) is 10.5 Å². The van der Waals surface area contributed by atoms with Crippen LogP contribution >= 0.6 is 0 Å². The summed E-state index contributed by atoms with van der Waals surface area (Å²) in [5.74, 6) is 1.46. The fourth-order valence-electron chi connectivity index (χ4n) is 2.92. The highest BCUT2D eigenvalue weighted by atomic mass is 16.5. The van der Waals surface area contributed by atoms with E-state index < -0.39 is 0 Å². The first kappa shape index (κ1) is 17.3. The summed E-state index contributed by atoms with van der Waals surface area (Å²) in [5.41, 5.74) is 1.27. The van der Waals surface area contributed by atoms with Gasteiger partial charge < -0.3 is 14.5 Å². The molecule has 1 saturated heterocycles. The zero-order chi connectivity index (χ0) is 16.8. The minimum atomic E-state index is 0.00679. The number of nitrogens with zero attached hydrogens (tertiary/aromatic N) is 2. The maximum Gasteiger partial charge on any atom is 0.223 e. The molecule has 0 saturated carbocycles. The zero-order valence-electron chi connectivity index (χ0n) is 14.2. The lowest BCUT2D eigenvalue weighted by atomic mass is 9.99. The Labute approximate surface area is 138 Å². The molecule has 2 rings (SSSR count). The van der Waals surface area contributed by atoms with Gasteiger partial charge >= 0.3 is 0 Å². The van der Waals surface area contributed by atoms with Crippen molar-refractivity contribution in [2.24, 2.45) is 5.92 Å². The number of carbonyl (C=O) groups is 2. The van der Waals surface area contributed by atoms with E-state index in [4.69, 9.17) is 4.74 Å². The number of ether oxygens (including phenoxy) is 1. The second-order valence-electron chi connectivity index (χ2n) is 6.33. The molecule has 1 aromatic carbocycles. The quantitative estimate of drug-likeness (QED) is 0.805. The van der Waals surface area contributed by atoms with E-state index in [1.807, 2.05) is 17.0 Å². The lowest BCUT2D eigenvalue weighted by Crippen LogP contribution is -2.30. The van der Waals surface area contributed by atoms with Crippen LogP contribution < -0.4 is 4.74 Å². The Morgan fingerprint density at radius 3 is 2.52 bits per heavy atom. The summed E-state index contributed by atoms with van der Waals surface area (Å²) >= 11 is 0. The third kappa shape index (κ3) is 4.98. The SMILES string of the molecule is COc1ccc(CC2CCN(C(=O)CCC(=O)N(C)C)C2)cc1. The van der Waals surface area contributed by atoms with E-state index >= 15 is 0 Å². The molecule has 1 aromatic rings. The molecule has 0 spiro atoms. The molecule has 0 N–H and O–H groups in total. The summed E-state index contributed by atoms with van der Waals surface area (Å²) in [6.07, 6.45) is 2.61. The van der Waals surface area contributed by atoms with Crippen LogP contribution in [-0.2, 0) is 16.0 Å². The van der Waals surface area contributed by atoms with Gasteiger partial charge in [-0.05, 0) is 36.5 Å². The molecule has 0 aliphatic carbocycles. The van der Waals surface area contributed by atoms with Crippen LogP contribution in [0.4, 0.5) is 0 Å². The largest absolute Gasteiger partial charge is 0.497 e. The van der Waals surface area contributed by atoms with Gasteiger partial charge in [-0.3, -0.25) is 9.59 Å². The minimum Gasteiger partial charge on any atom is -0.497 e. The maximum atomic E-state index is 12.2. The smallest absolute Gasteiger partial charge is 0.223 e. The minimum absolute atomic E-state index is 0.00679. The number of hydrogen-bond acceptors (Lipinski definition) is 3. The third-order valence-electron chi connectivity index (χ3n) is 4.37. The Morgan fingerprint density at radius 2 is 1.91 bits per heavy atom. The van der Waals surface area contributed by atoms with Gasteiger partial charge in [-0.15, -0.1) is 0 Å². The molecule has 0 bridgehead atoms. The highest BCUT2D eigenvalue weighted by Gasteiger charge is 2.26. The third-order valence-corrected chi connectivity index (χ3v) is 4.37. The second-order valence-corrected chi connectivity index (χ2v) is 6.33. The summed E-state index contributed by atoms with van der Waals surface area (Å²) in [4.78, 5) is 27.2. The molecule has 2 amide bonds. The lowest BCUT2D eigenvalue weighted by molar-refractivity contribution is -0.135. The van der Waals surface area contributed by atoms with Gasteiger partial charge in [0.25, 0.3) is 0 Å². The van der Waals surface area contributed by atoms with Gasteiger partial charge in [-0.25, -0.2) is 0 Å². The van der Waals surface area contributed by atoms with Crippen molar-refractivity contribution in [2.75, 3.05) is 34.3 Å². The lowest BCUT2D eigenvalue weighted by Gasteiger charge is -2.17. The molecule has 1 unspecified atom stereocenters. The Bertz CT molecular complexity index is 540. The summed E-state index contributed by atoms with van der Waals surface area (Å²) < 4.78 is 5.17. The zero-order valence-corrected chi connectivity index (χ0v) is 14.2. The van der Waals surface area contributed by atoms with Crippen molar-refractivity contribution in [1.82, 2.24) is 9.80 Å². The van der Waals surface area contributed by atoms with Crippen molar-refractivity contribution in [3.05, 3.63) is 29.8 Å². The average Bonchev–Trinajstić information content (AvgIpc) is 3.01. The number of amides is 2. The molecule has 1 aliphatic rings. The monoisotopic (exact) mass is 318 g/mol. The van der Waals surface area contributed by atoms with Crippen LogP contribution in [0.2, 0.25) is 0 Å². The fourth-order valence-corrected chi connectivity index (χ4v) is 2.92. The molecule has 5 nitrogen and oxygen atoms in total. The van der Waals surface area contributed by atoms with Crippen molar-refractivity contribution >= 4 is 11.8 Å². The van der Waals surface area contributed by atoms with Gasteiger partial charge in [-0.2, -0.15) is 0 Å². The highest BCUT2D eigenvalue weighted by Crippen LogP contribution is 2.23. The predicted molar refractivity (Wildman–Crippen MR) is 89.3 cm³/mol. The van der Waals surface area contributed by atoms with Gasteiger partial charge in [0.15, 0.2) is 0 Å². The van der Waals surface area contributed by atoms with Crippen molar-refractivity contribution in [2.45, 2.75) is 25.7 Å². The average molecular weight is 318 g/mol. The molecule has 1 fully saturated rings. The topological polar surface area (TPSA) is 49.9 Å². The molecule has 1 aliphatic heterocycles. The molecular formula is C18H26N2O3. The predicted octanol–water partition coefficient (Wildman–Crippen LogP) is 1.95. The number of carbonyl (C=O) groups excluding carboxylic acids is 2. The molecule has 1 atom stereocenters. The van der Waals surface area contributed by atoms with Crippen LogP contribution in [0.3, 0.4) is 0 Å². The van der Waals surface area contributed by atoms with Crippen molar-refractivity contribution < 1.29 is 14.3 Å². The van der Waals surface area contributed by atoms with Gasteiger partial charge in [-0.1, -0.05) is 12.1 Å². The van der Waals surface area contributed by atoms with Crippen LogP contribution in [0, 0.1) is 5.92 Å². The van der Waals surface area contributed by atoms with Crippen LogP contribution in [0.25, 0.3) is 0 Å². The number of hydrogen-bond donors (Lipinski definition) is 0. The number of methoxy groups -OCH3 is 1. The number of benzene rings is 1. The summed E-state index contributed by atoms with van der Waals surface area (Å²) in [6.45, 7) is 1.59. The molecule has 23 heavy (non-hydrogen) atoms. The van der Waals surface area contributed by atoms with E-state index in [0.29, 0.717) is 18.8 Å². The van der Waals surface area contributed by atoms with Crippen LogP contribution in [0.1, 0.15) is 24.8 Å². The normalized spacial score (nSPS) is 17.2.